The van der Waals surface area contributed by atoms with Crippen molar-refractivity contribution < 1.29 is 0 Å². The fourth-order valence-electron chi connectivity index (χ4n) is 2.53. The van der Waals surface area contributed by atoms with Crippen molar-refractivity contribution in [1.82, 2.24) is 5.32 Å². The van der Waals surface area contributed by atoms with Crippen LogP contribution in [-0.2, 0) is 0 Å². The molecule has 2 fully saturated rings. The van der Waals surface area contributed by atoms with Gasteiger partial charge in [-0.1, -0.05) is 26.2 Å². The molecule has 1 saturated heterocycles. The first-order valence-corrected chi connectivity index (χ1v) is 7.35. The second kappa shape index (κ2) is 5.41. The Hall–Kier alpha value is 0.310. The fraction of sp³-hybridized carbons (Fsp3) is 1.00. The molecule has 0 spiro atoms. The van der Waals surface area contributed by atoms with E-state index in [1.165, 1.54) is 50.2 Å². The molecular formula is C12H23NS. The predicted octanol–water partition coefficient (Wildman–Crippen LogP) is 2.91. The van der Waals surface area contributed by atoms with E-state index in [4.69, 9.17) is 0 Å². The van der Waals surface area contributed by atoms with Crippen molar-refractivity contribution >= 4 is 11.8 Å². The van der Waals surface area contributed by atoms with Gasteiger partial charge in [-0.2, -0.15) is 11.8 Å². The summed E-state index contributed by atoms with van der Waals surface area (Å²) < 4.78 is 0. The molecule has 2 rings (SSSR count). The highest BCUT2D eigenvalue weighted by Crippen LogP contribution is 2.30. The number of hydrogen-bond donors (Lipinski definition) is 1. The molecule has 0 amide bonds. The van der Waals surface area contributed by atoms with E-state index in [2.05, 4.69) is 24.0 Å². The van der Waals surface area contributed by atoms with Gasteiger partial charge >= 0.3 is 0 Å². The van der Waals surface area contributed by atoms with E-state index < -0.39 is 0 Å². The molecule has 0 aromatic rings. The summed E-state index contributed by atoms with van der Waals surface area (Å²) in [5.41, 5.74) is 0. The zero-order valence-corrected chi connectivity index (χ0v) is 10.1. The van der Waals surface area contributed by atoms with Crippen LogP contribution in [0, 0.1) is 11.8 Å². The third kappa shape index (κ3) is 2.90. The minimum atomic E-state index is 0.851. The lowest BCUT2D eigenvalue weighted by Gasteiger charge is -2.32. The largest absolute Gasteiger partial charge is 0.312 e. The highest BCUT2D eigenvalue weighted by molar-refractivity contribution is 8.00. The van der Waals surface area contributed by atoms with E-state index in [1.54, 1.807) is 0 Å². The van der Waals surface area contributed by atoms with Gasteiger partial charge in [-0.05, 0) is 31.2 Å². The zero-order valence-electron chi connectivity index (χ0n) is 9.30. The lowest BCUT2D eigenvalue weighted by Crippen LogP contribution is -2.43. The van der Waals surface area contributed by atoms with Crippen molar-refractivity contribution in [1.29, 1.82) is 0 Å². The first-order valence-electron chi connectivity index (χ1n) is 6.19. The third-order valence-electron chi connectivity index (χ3n) is 3.88. The van der Waals surface area contributed by atoms with Crippen LogP contribution in [0.25, 0.3) is 0 Å². The Kier molecular flexibility index (Phi) is 4.18. The van der Waals surface area contributed by atoms with E-state index in [1.807, 2.05) is 0 Å². The molecule has 1 aliphatic carbocycles. The average molecular weight is 213 g/mol. The summed E-state index contributed by atoms with van der Waals surface area (Å²) in [4.78, 5) is 0. The molecule has 0 bridgehead atoms. The van der Waals surface area contributed by atoms with E-state index in [0.29, 0.717) is 0 Å². The summed E-state index contributed by atoms with van der Waals surface area (Å²) in [7, 11) is 0. The summed E-state index contributed by atoms with van der Waals surface area (Å²) in [5.74, 6) is 4.74. The molecule has 1 nitrogen and oxygen atoms in total. The van der Waals surface area contributed by atoms with Crippen LogP contribution in [0.1, 0.15) is 39.0 Å². The molecule has 1 aliphatic heterocycles. The van der Waals surface area contributed by atoms with Crippen LogP contribution in [0.15, 0.2) is 0 Å². The molecule has 1 heterocycles. The maximum atomic E-state index is 3.70. The Balaban J connectivity index is 1.58. The first kappa shape index (κ1) is 10.8. The van der Waals surface area contributed by atoms with Crippen LogP contribution in [0.4, 0.5) is 0 Å². The fourth-order valence-corrected chi connectivity index (χ4v) is 3.24. The molecule has 14 heavy (non-hydrogen) atoms. The van der Waals surface area contributed by atoms with Crippen LogP contribution >= 0.6 is 11.8 Å². The Bertz CT molecular complexity index is 160. The zero-order chi connectivity index (χ0) is 9.80. The molecule has 0 aromatic heterocycles. The maximum absolute atomic E-state index is 3.70. The number of nitrogens with one attached hydrogen (secondary N) is 1. The van der Waals surface area contributed by atoms with E-state index in [9.17, 15) is 0 Å². The SMILES string of the molecule is CCC1CCC(CNC2CSC2)CC1. The molecule has 82 valence electrons. The molecule has 0 unspecified atom stereocenters. The summed E-state index contributed by atoms with van der Waals surface area (Å²) in [6.07, 6.45) is 7.33. The van der Waals surface area contributed by atoms with Gasteiger partial charge < -0.3 is 5.32 Å². The first-order chi connectivity index (χ1) is 6.88. The van der Waals surface area contributed by atoms with Gasteiger partial charge in [-0.25, -0.2) is 0 Å². The van der Waals surface area contributed by atoms with Crippen molar-refractivity contribution in [3.05, 3.63) is 0 Å². The Morgan fingerprint density at radius 3 is 2.21 bits per heavy atom. The van der Waals surface area contributed by atoms with Crippen molar-refractivity contribution in [2.45, 2.75) is 45.1 Å². The lowest BCUT2D eigenvalue weighted by atomic mass is 9.81. The summed E-state index contributed by atoms with van der Waals surface area (Å²) in [6, 6.07) is 0.851. The molecule has 0 radical (unpaired) electrons. The second-order valence-electron chi connectivity index (χ2n) is 4.94. The summed E-state index contributed by atoms with van der Waals surface area (Å²) in [5, 5.41) is 3.70. The molecule has 1 saturated carbocycles. The Morgan fingerprint density at radius 1 is 1.07 bits per heavy atom. The monoisotopic (exact) mass is 213 g/mol. The minimum Gasteiger partial charge on any atom is -0.312 e. The van der Waals surface area contributed by atoms with Gasteiger partial charge in [0.15, 0.2) is 0 Å². The van der Waals surface area contributed by atoms with Crippen molar-refractivity contribution in [2.24, 2.45) is 11.8 Å². The molecule has 2 aliphatic rings. The minimum absolute atomic E-state index is 0.851. The summed E-state index contributed by atoms with van der Waals surface area (Å²) >= 11 is 2.07. The van der Waals surface area contributed by atoms with Crippen molar-refractivity contribution in [3.8, 4) is 0 Å². The number of hydrogen-bond acceptors (Lipinski definition) is 2. The smallest absolute Gasteiger partial charge is 0.0248 e. The topological polar surface area (TPSA) is 12.0 Å². The molecule has 0 atom stereocenters. The quantitative estimate of drug-likeness (QED) is 0.770. The maximum Gasteiger partial charge on any atom is 0.0248 e. The second-order valence-corrected chi connectivity index (χ2v) is 6.01. The number of thioether (sulfide) groups is 1. The normalized spacial score (nSPS) is 34.1. The average Bonchev–Trinajstić information content (AvgIpc) is 2.16. The van der Waals surface area contributed by atoms with Crippen molar-refractivity contribution in [2.75, 3.05) is 18.1 Å². The molecule has 2 heteroatoms. The van der Waals surface area contributed by atoms with E-state index in [0.717, 1.165) is 17.9 Å². The molecular weight excluding hydrogens is 190 g/mol. The highest BCUT2D eigenvalue weighted by Gasteiger charge is 2.22. The standard InChI is InChI=1S/C12H23NS/c1-2-10-3-5-11(6-4-10)7-13-12-8-14-9-12/h10-13H,2-9H2,1H3. The van der Waals surface area contributed by atoms with Crippen LogP contribution in [0.2, 0.25) is 0 Å². The van der Waals surface area contributed by atoms with E-state index >= 15 is 0 Å². The van der Waals surface area contributed by atoms with Crippen LogP contribution in [0.5, 0.6) is 0 Å². The van der Waals surface area contributed by atoms with Gasteiger partial charge in [0.2, 0.25) is 0 Å². The van der Waals surface area contributed by atoms with Gasteiger partial charge in [0.05, 0.1) is 0 Å². The number of rotatable bonds is 4. The van der Waals surface area contributed by atoms with Crippen molar-refractivity contribution in [3.63, 3.8) is 0 Å². The molecule has 1 N–H and O–H groups in total. The Labute approximate surface area is 92.4 Å². The lowest BCUT2D eigenvalue weighted by molar-refractivity contribution is 0.259. The van der Waals surface area contributed by atoms with Gasteiger partial charge in [-0.3, -0.25) is 0 Å². The highest BCUT2D eigenvalue weighted by atomic mass is 32.2. The summed E-state index contributed by atoms with van der Waals surface area (Å²) in [6.45, 7) is 3.64. The van der Waals surface area contributed by atoms with Gasteiger partial charge in [0, 0.05) is 17.5 Å². The van der Waals surface area contributed by atoms with Gasteiger partial charge in [0.1, 0.15) is 0 Å². The predicted molar refractivity (Wildman–Crippen MR) is 64.9 cm³/mol. The third-order valence-corrected chi connectivity index (χ3v) is 5.15. The van der Waals surface area contributed by atoms with Crippen LogP contribution < -0.4 is 5.32 Å². The molecule has 0 aromatic carbocycles. The Morgan fingerprint density at radius 2 is 1.71 bits per heavy atom. The van der Waals surface area contributed by atoms with Gasteiger partial charge in [-0.15, -0.1) is 0 Å². The van der Waals surface area contributed by atoms with E-state index in [-0.39, 0.29) is 0 Å². The van der Waals surface area contributed by atoms with Crippen LogP contribution in [-0.4, -0.2) is 24.1 Å². The van der Waals surface area contributed by atoms with Crippen LogP contribution in [0.3, 0.4) is 0 Å². The van der Waals surface area contributed by atoms with Gasteiger partial charge in [0.25, 0.3) is 0 Å².